The molecule has 0 aromatic heterocycles. The number of carboxylic acid groups (broad SMARTS) is 1. The molecule has 0 bridgehead atoms. The van der Waals surface area contributed by atoms with Gasteiger partial charge in [0.1, 0.15) is 0 Å². The van der Waals surface area contributed by atoms with Crippen molar-refractivity contribution in [3.8, 4) is 0 Å². The van der Waals surface area contributed by atoms with E-state index in [0.29, 0.717) is 25.6 Å². The van der Waals surface area contributed by atoms with Crippen LogP contribution in [0.2, 0.25) is 0 Å². The van der Waals surface area contributed by atoms with Gasteiger partial charge in [-0.25, -0.2) is 0 Å². The Bertz CT molecular complexity index is 661. The number of ether oxygens (including phenoxy) is 1. The summed E-state index contributed by atoms with van der Waals surface area (Å²) in [6.07, 6.45) is 4.23. The van der Waals surface area contributed by atoms with Crippen LogP contribution in [0.1, 0.15) is 55.2 Å². The number of carbonyl (C=O) groups is 2. The Morgan fingerprint density at radius 1 is 1.12 bits per heavy atom. The van der Waals surface area contributed by atoms with E-state index in [9.17, 15) is 14.7 Å². The number of aliphatic carboxylic acids is 1. The third-order valence-corrected chi connectivity index (χ3v) is 6.02. The van der Waals surface area contributed by atoms with Crippen LogP contribution in [0.5, 0.6) is 0 Å². The maximum Gasteiger partial charge on any atom is 0.311 e. The summed E-state index contributed by atoms with van der Waals surface area (Å²) in [6, 6.07) is 7.38. The molecule has 1 amide bonds. The van der Waals surface area contributed by atoms with Gasteiger partial charge in [0, 0.05) is 13.2 Å². The molecule has 1 saturated heterocycles. The minimum Gasteiger partial charge on any atom is -0.481 e. The number of carbonyl (C=O) groups excluding carboxylic acids is 1. The second-order valence-corrected chi connectivity index (χ2v) is 7.32. The monoisotopic (exact) mass is 329 g/mol. The van der Waals surface area contributed by atoms with Gasteiger partial charge in [0.15, 0.2) is 0 Å². The van der Waals surface area contributed by atoms with Crippen molar-refractivity contribution in [3.63, 3.8) is 0 Å². The molecule has 3 aliphatic rings. The lowest BCUT2D eigenvalue weighted by Crippen LogP contribution is -2.47. The van der Waals surface area contributed by atoms with Gasteiger partial charge in [-0.3, -0.25) is 9.59 Å². The molecule has 2 fully saturated rings. The van der Waals surface area contributed by atoms with Crippen molar-refractivity contribution in [2.45, 2.75) is 44.1 Å². The topological polar surface area (TPSA) is 75.6 Å². The van der Waals surface area contributed by atoms with Crippen LogP contribution in [-0.4, -0.2) is 30.2 Å². The molecule has 0 radical (unpaired) electrons. The molecule has 4 rings (SSSR count). The first kappa shape index (κ1) is 15.6. The number of benzene rings is 1. The maximum atomic E-state index is 13.1. The summed E-state index contributed by atoms with van der Waals surface area (Å²) in [5.74, 6) is -0.785. The Morgan fingerprint density at radius 2 is 1.79 bits per heavy atom. The first-order valence-corrected chi connectivity index (χ1v) is 8.82. The van der Waals surface area contributed by atoms with Gasteiger partial charge < -0.3 is 15.2 Å². The Balaban J connectivity index is 1.57. The Morgan fingerprint density at radius 3 is 2.42 bits per heavy atom. The molecule has 2 aliphatic carbocycles. The van der Waals surface area contributed by atoms with E-state index in [0.717, 1.165) is 36.8 Å². The van der Waals surface area contributed by atoms with Crippen LogP contribution < -0.4 is 5.32 Å². The van der Waals surface area contributed by atoms with Crippen molar-refractivity contribution < 1.29 is 19.4 Å². The van der Waals surface area contributed by atoms with E-state index in [-0.39, 0.29) is 17.4 Å². The highest BCUT2D eigenvalue weighted by Crippen LogP contribution is 2.52. The number of amides is 1. The van der Waals surface area contributed by atoms with Crippen LogP contribution in [0, 0.1) is 11.3 Å². The fraction of sp³-hybridized carbons (Fsp3) is 0.579. The van der Waals surface area contributed by atoms with E-state index in [1.54, 1.807) is 0 Å². The number of fused-ring (bicyclic) bond motifs is 1. The largest absolute Gasteiger partial charge is 0.481 e. The summed E-state index contributed by atoms with van der Waals surface area (Å²) in [6.45, 7) is 1.28. The highest BCUT2D eigenvalue weighted by Gasteiger charge is 2.52. The van der Waals surface area contributed by atoms with E-state index in [1.165, 1.54) is 0 Å². The molecule has 0 spiro atoms. The molecule has 1 saturated carbocycles. The zero-order chi connectivity index (χ0) is 16.7. The van der Waals surface area contributed by atoms with Crippen molar-refractivity contribution in [2.24, 2.45) is 11.3 Å². The molecule has 5 nitrogen and oxygen atoms in total. The first-order chi connectivity index (χ1) is 11.6. The average molecular weight is 329 g/mol. The smallest absolute Gasteiger partial charge is 0.311 e. The number of nitrogens with one attached hydrogen (secondary N) is 1. The molecule has 1 heterocycles. The van der Waals surface area contributed by atoms with Gasteiger partial charge >= 0.3 is 5.97 Å². The van der Waals surface area contributed by atoms with Crippen LogP contribution in [0.15, 0.2) is 24.3 Å². The minimum atomic E-state index is -0.817. The summed E-state index contributed by atoms with van der Waals surface area (Å²) in [7, 11) is 0. The van der Waals surface area contributed by atoms with Crippen molar-refractivity contribution in [3.05, 3.63) is 35.4 Å². The summed E-state index contributed by atoms with van der Waals surface area (Å²) in [4.78, 5) is 24.7. The van der Waals surface area contributed by atoms with E-state index in [1.807, 2.05) is 24.3 Å². The molecular formula is C19H23NO4. The van der Waals surface area contributed by atoms with Crippen molar-refractivity contribution in [1.29, 1.82) is 0 Å². The minimum absolute atomic E-state index is 0.0964. The molecule has 2 N–H and O–H groups in total. The molecule has 1 aromatic rings. The summed E-state index contributed by atoms with van der Waals surface area (Å²) >= 11 is 0. The average Bonchev–Trinajstić information content (AvgIpc) is 3.39. The van der Waals surface area contributed by atoms with Gasteiger partial charge in [-0.15, -0.1) is 0 Å². The number of carboxylic acids is 1. The first-order valence-electron chi connectivity index (χ1n) is 8.82. The van der Waals surface area contributed by atoms with Crippen LogP contribution in [0.4, 0.5) is 0 Å². The summed E-state index contributed by atoms with van der Waals surface area (Å²) in [5.41, 5.74) is 1.48. The van der Waals surface area contributed by atoms with E-state index in [2.05, 4.69) is 5.32 Å². The second-order valence-electron chi connectivity index (χ2n) is 7.32. The Kier molecular flexibility index (Phi) is 3.83. The molecule has 2 unspecified atom stereocenters. The van der Waals surface area contributed by atoms with Crippen LogP contribution in [0.3, 0.4) is 0 Å². The fourth-order valence-electron chi connectivity index (χ4n) is 4.50. The molecule has 1 aliphatic heterocycles. The van der Waals surface area contributed by atoms with Gasteiger partial charge in [0.05, 0.1) is 17.4 Å². The van der Waals surface area contributed by atoms with Gasteiger partial charge in [0.2, 0.25) is 5.91 Å². The van der Waals surface area contributed by atoms with Gasteiger partial charge in [-0.2, -0.15) is 0 Å². The SMILES string of the molecule is O=C(O)C1CC(NC(=O)C2(C3CC3)CCOCC2)c2ccccc21. The molecule has 5 heteroatoms. The Hall–Kier alpha value is -1.88. The van der Waals surface area contributed by atoms with Gasteiger partial charge in [-0.05, 0) is 49.1 Å². The second kappa shape index (κ2) is 5.88. The van der Waals surface area contributed by atoms with E-state index < -0.39 is 11.9 Å². The quantitative estimate of drug-likeness (QED) is 0.890. The lowest BCUT2D eigenvalue weighted by molar-refractivity contribution is -0.141. The standard InChI is InChI=1S/C19H23NO4/c21-17(22)15-11-16(14-4-2-1-3-13(14)15)20-18(23)19(12-5-6-12)7-9-24-10-8-19/h1-4,12,15-16H,5-11H2,(H,20,23)(H,21,22). The zero-order valence-electron chi connectivity index (χ0n) is 13.7. The predicted octanol–water partition coefficient (Wildman–Crippen LogP) is 2.62. The van der Waals surface area contributed by atoms with E-state index >= 15 is 0 Å². The predicted molar refractivity (Wildman–Crippen MR) is 87.5 cm³/mol. The lowest BCUT2D eigenvalue weighted by atomic mass is 9.74. The van der Waals surface area contributed by atoms with Crippen LogP contribution >= 0.6 is 0 Å². The van der Waals surface area contributed by atoms with Crippen molar-refractivity contribution in [1.82, 2.24) is 5.32 Å². The lowest BCUT2D eigenvalue weighted by Gasteiger charge is -2.37. The maximum absolute atomic E-state index is 13.1. The number of hydrogen-bond donors (Lipinski definition) is 2. The molecular weight excluding hydrogens is 306 g/mol. The number of rotatable bonds is 4. The van der Waals surface area contributed by atoms with Crippen molar-refractivity contribution >= 4 is 11.9 Å². The normalized spacial score (nSPS) is 28.2. The van der Waals surface area contributed by atoms with Crippen LogP contribution in [0.25, 0.3) is 0 Å². The zero-order valence-corrected chi connectivity index (χ0v) is 13.7. The highest BCUT2D eigenvalue weighted by molar-refractivity contribution is 5.85. The van der Waals surface area contributed by atoms with Gasteiger partial charge in [-0.1, -0.05) is 24.3 Å². The van der Waals surface area contributed by atoms with Gasteiger partial charge in [0.25, 0.3) is 0 Å². The third-order valence-electron chi connectivity index (χ3n) is 6.02. The molecule has 128 valence electrons. The third kappa shape index (κ3) is 2.51. The molecule has 2 atom stereocenters. The Labute approximate surface area is 141 Å². The fourth-order valence-corrected chi connectivity index (χ4v) is 4.50. The van der Waals surface area contributed by atoms with Crippen LogP contribution in [-0.2, 0) is 14.3 Å². The highest BCUT2D eigenvalue weighted by atomic mass is 16.5. The summed E-state index contributed by atoms with van der Waals surface area (Å²) in [5, 5.41) is 12.7. The molecule has 1 aromatic carbocycles. The summed E-state index contributed by atoms with van der Waals surface area (Å²) < 4.78 is 5.47. The molecule has 24 heavy (non-hydrogen) atoms. The van der Waals surface area contributed by atoms with E-state index in [4.69, 9.17) is 4.74 Å². The van der Waals surface area contributed by atoms with Crippen molar-refractivity contribution in [2.75, 3.05) is 13.2 Å². The number of hydrogen-bond acceptors (Lipinski definition) is 3.